The summed E-state index contributed by atoms with van der Waals surface area (Å²) in [5.74, 6) is 1.18. The molecule has 0 bridgehead atoms. The van der Waals surface area contributed by atoms with Gasteiger partial charge in [-0.15, -0.1) is 0 Å². The maximum Gasteiger partial charge on any atom is 0.264 e. The summed E-state index contributed by atoms with van der Waals surface area (Å²) in [6.07, 6.45) is 1.78. The number of rotatable bonds is 4. The average Bonchev–Trinajstić information content (AvgIpc) is 3.06. The van der Waals surface area contributed by atoms with E-state index in [9.17, 15) is 4.79 Å². The molecule has 3 aromatic rings. The predicted octanol–water partition coefficient (Wildman–Crippen LogP) is 4.75. The molecule has 0 radical (unpaired) electrons. The molecule has 0 aliphatic carbocycles. The van der Waals surface area contributed by atoms with Gasteiger partial charge >= 0.3 is 0 Å². The van der Waals surface area contributed by atoms with Gasteiger partial charge in [0, 0.05) is 5.56 Å². The van der Waals surface area contributed by atoms with Crippen molar-refractivity contribution in [3.63, 3.8) is 0 Å². The van der Waals surface area contributed by atoms with Gasteiger partial charge in [0.25, 0.3) is 5.91 Å². The van der Waals surface area contributed by atoms with Crippen molar-refractivity contribution >= 4 is 45.4 Å². The van der Waals surface area contributed by atoms with Crippen molar-refractivity contribution in [2.75, 3.05) is 14.2 Å². The van der Waals surface area contributed by atoms with Crippen LogP contribution in [0.3, 0.4) is 0 Å². The standard InChI is InChI=1S/C22H18N2O3S/c1-26-18-9-10-19(27-2)16(12-18)13-20-21(25)24-22(28-20)23-17-8-7-14-5-3-4-6-15(14)11-17/h3-13H,1-2H3,(H,23,24,25)/b20-13-. The van der Waals surface area contributed by atoms with E-state index in [1.54, 1.807) is 20.3 Å². The molecule has 1 heterocycles. The molecule has 140 valence electrons. The number of hydrogen-bond donors (Lipinski definition) is 1. The number of benzene rings is 3. The van der Waals surface area contributed by atoms with Gasteiger partial charge in [0.05, 0.1) is 24.8 Å². The quantitative estimate of drug-likeness (QED) is 0.653. The fourth-order valence-electron chi connectivity index (χ4n) is 2.94. The summed E-state index contributed by atoms with van der Waals surface area (Å²) in [7, 11) is 3.20. The predicted molar refractivity (Wildman–Crippen MR) is 114 cm³/mol. The number of carbonyl (C=O) groups excluding carboxylic acids is 1. The molecule has 1 N–H and O–H groups in total. The lowest BCUT2D eigenvalue weighted by Crippen LogP contribution is -2.19. The van der Waals surface area contributed by atoms with Gasteiger partial charge < -0.3 is 14.8 Å². The molecule has 4 rings (SSSR count). The molecule has 1 amide bonds. The van der Waals surface area contributed by atoms with E-state index in [2.05, 4.69) is 16.4 Å². The van der Waals surface area contributed by atoms with Crippen molar-refractivity contribution in [3.8, 4) is 11.5 Å². The Morgan fingerprint density at radius 3 is 2.57 bits per heavy atom. The van der Waals surface area contributed by atoms with E-state index in [0.29, 0.717) is 21.6 Å². The van der Waals surface area contributed by atoms with Gasteiger partial charge in [0.2, 0.25) is 0 Å². The third kappa shape index (κ3) is 3.73. The smallest absolute Gasteiger partial charge is 0.264 e. The molecular formula is C22H18N2O3S. The molecule has 28 heavy (non-hydrogen) atoms. The number of aliphatic imine (C=N–C) groups is 1. The molecule has 1 aliphatic rings. The maximum absolute atomic E-state index is 12.4. The fourth-order valence-corrected chi connectivity index (χ4v) is 3.77. The van der Waals surface area contributed by atoms with Gasteiger partial charge in [-0.25, -0.2) is 4.99 Å². The number of fused-ring (bicyclic) bond motifs is 1. The molecule has 5 nitrogen and oxygen atoms in total. The average molecular weight is 390 g/mol. The summed E-state index contributed by atoms with van der Waals surface area (Å²) in [4.78, 5) is 17.5. The molecule has 1 saturated heterocycles. The second-order valence-corrected chi connectivity index (χ2v) is 7.15. The van der Waals surface area contributed by atoms with Gasteiger partial charge in [0.1, 0.15) is 11.5 Å². The Kier molecular flexibility index (Phi) is 5.04. The van der Waals surface area contributed by atoms with Crippen LogP contribution in [0.1, 0.15) is 5.56 Å². The van der Waals surface area contributed by atoms with E-state index < -0.39 is 0 Å². The summed E-state index contributed by atoms with van der Waals surface area (Å²) >= 11 is 1.30. The first kappa shape index (κ1) is 18.1. The van der Waals surface area contributed by atoms with Crippen LogP contribution in [0.2, 0.25) is 0 Å². The number of thioether (sulfide) groups is 1. The number of methoxy groups -OCH3 is 2. The Bertz CT molecular complexity index is 1120. The van der Waals surface area contributed by atoms with E-state index in [4.69, 9.17) is 9.47 Å². The zero-order chi connectivity index (χ0) is 19.5. The van der Waals surface area contributed by atoms with Crippen LogP contribution in [0.15, 0.2) is 70.6 Å². The summed E-state index contributed by atoms with van der Waals surface area (Å²) in [5.41, 5.74) is 1.56. The van der Waals surface area contributed by atoms with Crippen LogP contribution in [0, 0.1) is 0 Å². The van der Waals surface area contributed by atoms with Crippen molar-refractivity contribution in [2.45, 2.75) is 0 Å². The molecule has 1 fully saturated rings. The maximum atomic E-state index is 12.4. The van der Waals surface area contributed by atoms with E-state index in [1.807, 2.05) is 54.6 Å². The highest BCUT2D eigenvalue weighted by Crippen LogP contribution is 2.32. The highest BCUT2D eigenvalue weighted by molar-refractivity contribution is 8.18. The normalized spacial score (nSPS) is 16.6. The molecule has 0 atom stereocenters. The highest BCUT2D eigenvalue weighted by atomic mass is 32.2. The molecule has 0 saturated carbocycles. The first-order valence-corrected chi connectivity index (χ1v) is 9.48. The number of carbonyl (C=O) groups is 1. The minimum Gasteiger partial charge on any atom is -0.497 e. The Balaban J connectivity index is 1.63. The molecule has 3 aromatic carbocycles. The number of nitrogens with one attached hydrogen (secondary N) is 1. The SMILES string of the molecule is COc1ccc(OC)c(/C=C2\SC(=Nc3ccc4ccccc4c3)NC2=O)c1. The molecule has 0 spiro atoms. The van der Waals surface area contributed by atoms with Crippen LogP contribution in [-0.4, -0.2) is 25.3 Å². The van der Waals surface area contributed by atoms with E-state index in [0.717, 1.165) is 22.0 Å². The van der Waals surface area contributed by atoms with Gasteiger partial charge in [-0.05, 0) is 58.9 Å². The Morgan fingerprint density at radius 2 is 1.79 bits per heavy atom. The second kappa shape index (κ2) is 7.78. The molecule has 0 unspecified atom stereocenters. The Labute approximate surface area is 167 Å². The van der Waals surface area contributed by atoms with E-state index in [-0.39, 0.29) is 5.91 Å². The highest BCUT2D eigenvalue weighted by Gasteiger charge is 2.24. The number of nitrogens with zero attached hydrogens (tertiary/aromatic N) is 1. The summed E-state index contributed by atoms with van der Waals surface area (Å²) in [5, 5.41) is 5.63. The molecular weight excluding hydrogens is 372 g/mol. The van der Waals surface area contributed by atoms with Crippen LogP contribution in [0.4, 0.5) is 5.69 Å². The van der Waals surface area contributed by atoms with Crippen LogP contribution < -0.4 is 14.8 Å². The monoisotopic (exact) mass is 390 g/mol. The Hall–Kier alpha value is -3.25. The zero-order valence-electron chi connectivity index (χ0n) is 15.4. The van der Waals surface area contributed by atoms with Crippen molar-refractivity contribution in [1.82, 2.24) is 5.32 Å². The lowest BCUT2D eigenvalue weighted by atomic mass is 10.1. The third-order valence-corrected chi connectivity index (χ3v) is 5.25. The van der Waals surface area contributed by atoms with Crippen molar-refractivity contribution in [2.24, 2.45) is 4.99 Å². The zero-order valence-corrected chi connectivity index (χ0v) is 16.2. The van der Waals surface area contributed by atoms with Crippen molar-refractivity contribution in [1.29, 1.82) is 0 Å². The van der Waals surface area contributed by atoms with Gasteiger partial charge in [0.15, 0.2) is 5.17 Å². The number of hydrogen-bond acceptors (Lipinski definition) is 5. The lowest BCUT2D eigenvalue weighted by molar-refractivity contribution is -0.115. The van der Waals surface area contributed by atoms with Gasteiger partial charge in [-0.3, -0.25) is 4.79 Å². The molecule has 6 heteroatoms. The van der Waals surface area contributed by atoms with Gasteiger partial charge in [-0.2, -0.15) is 0 Å². The van der Waals surface area contributed by atoms with Crippen LogP contribution in [-0.2, 0) is 4.79 Å². The number of amidine groups is 1. The first-order valence-electron chi connectivity index (χ1n) is 8.67. The third-order valence-electron chi connectivity index (χ3n) is 4.34. The molecule has 1 aliphatic heterocycles. The van der Waals surface area contributed by atoms with E-state index in [1.165, 1.54) is 11.8 Å². The number of amides is 1. The molecule has 0 aromatic heterocycles. The van der Waals surface area contributed by atoms with Crippen molar-refractivity contribution < 1.29 is 14.3 Å². The minimum atomic E-state index is -0.186. The summed E-state index contributed by atoms with van der Waals surface area (Å²) in [6, 6.07) is 19.5. The fraction of sp³-hybridized carbons (Fsp3) is 0.0909. The van der Waals surface area contributed by atoms with E-state index >= 15 is 0 Å². The Morgan fingerprint density at radius 1 is 0.964 bits per heavy atom. The summed E-state index contributed by atoms with van der Waals surface area (Å²) in [6.45, 7) is 0. The van der Waals surface area contributed by atoms with Crippen molar-refractivity contribution in [3.05, 3.63) is 71.1 Å². The summed E-state index contributed by atoms with van der Waals surface area (Å²) < 4.78 is 10.6. The number of ether oxygens (including phenoxy) is 2. The van der Waals surface area contributed by atoms with Crippen LogP contribution in [0.25, 0.3) is 16.8 Å². The second-order valence-electron chi connectivity index (χ2n) is 6.12. The lowest BCUT2D eigenvalue weighted by Gasteiger charge is -2.07. The minimum absolute atomic E-state index is 0.186. The first-order chi connectivity index (χ1) is 13.7. The van der Waals surface area contributed by atoms with Crippen LogP contribution in [0.5, 0.6) is 11.5 Å². The largest absolute Gasteiger partial charge is 0.497 e. The van der Waals surface area contributed by atoms with Crippen LogP contribution >= 0.6 is 11.8 Å². The van der Waals surface area contributed by atoms with Gasteiger partial charge in [-0.1, -0.05) is 30.3 Å². The topological polar surface area (TPSA) is 59.9 Å².